The van der Waals surface area contributed by atoms with E-state index in [4.69, 9.17) is 0 Å². The molecule has 2 N–H and O–H groups in total. The number of carbonyl (C=O) groups excluding carboxylic acids is 2. The summed E-state index contributed by atoms with van der Waals surface area (Å²) in [5, 5.41) is 5.77. The fourth-order valence-electron chi connectivity index (χ4n) is 2.96. The smallest absolute Gasteiger partial charge is 0.226 e. The molecule has 1 fully saturated rings. The van der Waals surface area contributed by atoms with E-state index < -0.39 is 0 Å². The molecule has 0 atom stereocenters. The summed E-state index contributed by atoms with van der Waals surface area (Å²) >= 11 is 0. The van der Waals surface area contributed by atoms with Gasteiger partial charge in [0.1, 0.15) is 0 Å². The van der Waals surface area contributed by atoms with E-state index in [1.54, 1.807) is 0 Å². The third-order valence-corrected chi connectivity index (χ3v) is 4.46. The van der Waals surface area contributed by atoms with Crippen LogP contribution in [0.15, 0.2) is 24.3 Å². The molecule has 2 amide bonds. The molecule has 0 spiro atoms. The van der Waals surface area contributed by atoms with Crippen molar-refractivity contribution in [2.75, 3.05) is 10.6 Å². The highest BCUT2D eigenvalue weighted by atomic mass is 16.2. The number of hydrogen-bond acceptors (Lipinski definition) is 2. The lowest BCUT2D eigenvalue weighted by Crippen LogP contribution is -2.17. The van der Waals surface area contributed by atoms with Crippen molar-refractivity contribution < 1.29 is 9.59 Å². The van der Waals surface area contributed by atoms with Gasteiger partial charge in [-0.1, -0.05) is 46.0 Å². The summed E-state index contributed by atoms with van der Waals surface area (Å²) in [6, 6.07) is 7.29. The summed E-state index contributed by atoms with van der Waals surface area (Å²) in [6.45, 7) is 3.71. The molecule has 2 rings (SSSR count). The Kier molecular flexibility index (Phi) is 6.63. The van der Waals surface area contributed by atoms with Crippen LogP contribution in [-0.2, 0) is 9.59 Å². The van der Waals surface area contributed by atoms with Crippen molar-refractivity contribution in [1.29, 1.82) is 0 Å². The van der Waals surface area contributed by atoms with Crippen LogP contribution in [0.5, 0.6) is 0 Å². The molecule has 0 aliphatic heterocycles. The van der Waals surface area contributed by atoms with Crippen LogP contribution < -0.4 is 10.6 Å². The lowest BCUT2D eigenvalue weighted by atomic mass is 9.86. The summed E-state index contributed by atoms with van der Waals surface area (Å²) in [7, 11) is 0. The standard InChI is InChI=1S/C19H28N2O2/c1-14(2)19(23)21-17-11-9-16(10-12-17)20-18(22)13-8-15-6-4-3-5-7-15/h9-12,14-15H,3-8,13H2,1-2H3,(H,20,22)(H,21,23). The summed E-state index contributed by atoms with van der Waals surface area (Å²) in [5.41, 5.74) is 1.53. The van der Waals surface area contributed by atoms with Crippen LogP contribution >= 0.6 is 0 Å². The SMILES string of the molecule is CC(C)C(=O)Nc1ccc(NC(=O)CCC2CCCCC2)cc1. The summed E-state index contributed by atoms with van der Waals surface area (Å²) in [5.74, 6) is 0.751. The molecular weight excluding hydrogens is 288 g/mol. The van der Waals surface area contributed by atoms with E-state index in [2.05, 4.69) is 10.6 Å². The fourth-order valence-corrected chi connectivity index (χ4v) is 2.96. The van der Waals surface area contributed by atoms with Gasteiger partial charge in [-0.25, -0.2) is 0 Å². The van der Waals surface area contributed by atoms with E-state index in [-0.39, 0.29) is 17.7 Å². The molecule has 126 valence electrons. The highest BCUT2D eigenvalue weighted by Crippen LogP contribution is 2.27. The van der Waals surface area contributed by atoms with Crippen LogP contribution in [0.1, 0.15) is 58.8 Å². The van der Waals surface area contributed by atoms with Crippen molar-refractivity contribution in [2.24, 2.45) is 11.8 Å². The molecule has 0 saturated heterocycles. The Bertz CT molecular complexity index is 517. The highest BCUT2D eigenvalue weighted by molar-refractivity contribution is 5.93. The third-order valence-electron chi connectivity index (χ3n) is 4.46. The third kappa shape index (κ3) is 6.05. The average Bonchev–Trinajstić information content (AvgIpc) is 2.55. The molecule has 0 aromatic heterocycles. The molecule has 1 aromatic carbocycles. The first-order valence-corrected chi connectivity index (χ1v) is 8.75. The molecule has 1 saturated carbocycles. The fraction of sp³-hybridized carbons (Fsp3) is 0.579. The summed E-state index contributed by atoms with van der Waals surface area (Å²) in [4.78, 5) is 23.7. The van der Waals surface area contributed by atoms with Crippen molar-refractivity contribution in [3.8, 4) is 0 Å². The molecule has 4 heteroatoms. The van der Waals surface area contributed by atoms with Gasteiger partial charge in [0.05, 0.1) is 0 Å². The minimum atomic E-state index is -0.0471. The zero-order valence-electron chi connectivity index (χ0n) is 14.2. The summed E-state index contributed by atoms with van der Waals surface area (Å²) < 4.78 is 0. The van der Waals surface area contributed by atoms with E-state index in [0.717, 1.165) is 23.7 Å². The Balaban J connectivity index is 1.76. The van der Waals surface area contributed by atoms with Gasteiger partial charge >= 0.3 is 0 Å². The van der Waals surface area contributed by atoms with Crippen molar-refractivity contribution in [3.05, 3.63) is 24.3 Å². The molecule has 0 heterocycles. The lowest BCUT2D eigenvalue weighted by Gasteiger charge is -2.21. The van der Waals surface area contributed by atoms with Gasteiger partial charge < -0.3 is 10.6 Å². The maximum absolute atomic E-state index is 12.0. The van der Waals surface area contributed by atoms with E-state index >= 15 is 0 Å². The van der Waals surface area contributed by atoms with Crippen LogP contribution in [0, 0.1) is 11.8 Å². The molecule has 0 unspecified atom stereocenters. The minimum absolute atomic E-state index is 0.00531. The predicted octanol–water partition coefficient (Wildman–Crippen LogP) is 4.58. The summed E-state index contributed by atoms with van der Waals surface area (Å²) in [6.07, 6.45) is 8.12. The number of benzene rings is 1. The average molecular weight is 316 g/mol. The topological polar surface area (TPSA) is 58.2 Å². The van der Waals surface area contributed by atoms with Crippen LogP contribution in [0.2, 0.25) is 0 Å². The first kappa shape index (κ1) is 17.5. The van der Waals surface area contributed by atoms with Crippen LogP contribution in [0.25, 0.3) is 0 Å². The number of carbonyl (C=O) groups is 2. The normalized spacial score (nSPS) is 15.4. The van der Waals surface area contributed by atoms with Crippen molar-refractivity contribution >= 4 is 23.2 Å². The van der Waals surface area contributed by atoms with Crippen molar-refractivity contribution in [1.82, 2.24) is 0 Å². The van der Waals surface area contributed by atoms with Gasteiger partial charge in [-0.15, -0.1) is 0 Å². The molecule has 1 aromatic rings. The van der Waals surface area contributed by atoms with Gasteiger partial charge in [-0.3, -0.25) is 9.59 Å². The number of nitrogens with one attached hydrogen (secondary N) is 2. The molecule has 1 aliphatic carbocycles. The van der Waals surface area contributed by atoms with Crippen LogP contribution in [0.4, 0.5) is 11.4 Å². The van der Waals surface area contributed by atoms with Crippen molar-refractivity contribution in [3.63, 3.8) is 0 Å². The molecule has 0 bridgehead atoms. The number of amides is 2. The van der Waals surface area contributed by atoms with Gasteiger partial charge in [-0.05, 0) is 36.6 Å². The van der Waals surface area contributed by atoms with E-state index in [1.807, 2.05) is 38.1 Å². The Hall–Kier alpha value is -1.84. The number of hydrogen-bond donors (Lipinski definition) is 2. The van der Waals surface area contributed by atoms with Gasteiger partial charge in [0.2, 0.25) is 11.8 Å². The largest absolute Gasteiger partial charge is 0.326 e. The number of rotatable bonds is 6. The highest BCUT2D eigenvalue weighted by Gasteiger charge is 2.15. The second kappa shape index (κ2) is 8.70. The van der Waals surface area contributed by atoms with Crippen LogP contribution in [-0.4, -0.2) is 11.8 Å². The quantitative estimate of drug-likeness (QED) is 0.807. The zero-order chi connectivity index (χ0) is 16.7. The van der Waals surface area contributed by atoms with E-state index in [1.165, 1.54) is 32.1 Å². The Morgan fingerprint density at radius 3 is 2.13 bits per heavy atom. The number of anilines is 2. The van der Waals surface area contributed by atoms with Crippen LogP contribution in [0.3, 0.4) is 0 Å². The first-order chi connectivity index (χ1) is 11.0. The predicted molar refractivity (Wildman–Crippen MR) is 94.3 cm³/mol. The van der Waals surface area contributed by atoms with Gasteiger partial charge in [0.15, 0.2) is 0 Å². The Labute approximate surface area is 139 Å². The maximum atomic E-state index is 12.0. The Morgan fingerprint density at radius 1 is 1.00 bits per heavy atom. The maximum Gasteiger partial charge on any atom is 0.226 e. The van der Waals surface area contributed by atoms with Gasteiger partial charge in [0, 0.05) is 23.7 Å². The van der Waals surface area contributed by atoms with Gasteiger partial charge in [0.25, 0.3) is 0 Å². The Morgan fingerprint density at radius 2 is 1.57 bits per heavy atom. The molecule has 23 heavy (non-hydrogen) atoms. The second-order valence-electron chi connectivity index (χ2n) is 6.81. The first-order valence-electron chi connectivity index (χ1n) is 8.75. The lowest BCUT2D eigenvalue weighted by molar-refractivity contribution is -0.119. The van der Waals surface area contributed by atoms with E-state index in [0.29, 0.717) is 6.42 Å². The molecule has 4 nitrogen and oxygen atoms in total. The van der Waals surface area contributed by atoms with Gasteiger partial charge in [-0.2, -0.15) is 0 Å². The molecule has 0 radical (unpaired) electrons. The monoisotopic (exact) mass is 316 g/mol. The minimum Gasteiger partial charge on any atom is -0.326 e. The molecular formula is C19H28N2O2. The van der Waals surface area contributed by atoms with E-state index in [9.17, 15) is 9.59 Å². The molecule has 1 aliphatic rings. The second-order valence-corrected chi connectivity index (χ2v) is 6.81. The zero-order valence-corrected chi connectivity index (χ0v) is 14.2. The van der Waals surface area contributed by atoms with Crippen molar-refractivity contribution in [2.45, 2.75) is 58.8 Å².